The summed E-state index contributed by atoms with van der Waals surface area (Å²) in [6, 6.07) is 19.2. The number of hydrogen-bond acceptors (Lipinski definition) is 3. The Labute approximate surface area is 183 Å². The van der Waals surface area contributed by atoms with Crippen LogP contribution in [0.15, 0.2) is 85.5 Å². The lowest BCUT2D eigenvalue weighted by Gasteiger charge is -2.20. The minimum Gasteiger partial charge on any atom is -0.444 e. The molecule has 0 aliphatic carbocycles. The van der Waals surface area contributed by atoms with Gasteiger partial charge in [-0.3, -0.25) is 4.79 Å². The minimum absolute atomic E-state index is 0.225. The number of furan rings is 1. The summed E-state index contributed by atoms with van der Waals surface area (Å²) in [6.07, 6.45) is 2.58. The van der Waals surface area contributed by atoms with Gasteiger partial charge < -0.3 is 9.40 Å². The number of para-hydroxylation sites is 1. The van der Waals surface area contributed by atoms with E-state index in [9.17, 15) is 4.79 Å². The number of nitrogens with zero attached hydrogens (tertiary/aromatic N) is 2. The number of aromatic nitrogens is 1. The smallest absolute Gasteiger partial charge is 0.310 e. The van der Waals surface area contributed by atoms with Gasteiger partial charge in [-0.25, -0.2) is 5.01 Å². The molecule has 1 amide bonds. The molecule has 0 saturated carbocycles. The van der Waals surface area contributed by atoms with Gasteiger partial charge in [0.25, 0.3) is 0 Å². The van der Waals surface area contributed by atoms with Crippen molar-refractivity contribution in [3.05, 3.63) is 92.9 Å². The van der Waals surface area contributed by atoms with Gasteiger partial charge in [-0.2, -0.15) is 5.10 Å². The van der Waals surface area contributed by atoms with Crippen LogP contribution >= 0.6 is 31.9 Å². The largest absolute Gasteiger partial charge is 0.444 e. The number of rotatable bonds is 3. The molecule has 1 atom stereocenters. The zero-order chi connectivity index (χ0) is 20.0. The van der Waals surface area contributed by atoms with E-state index in [1.807, 2.05) is 48.7 Å². The molecule has 4 aromatic rings. The van der Waals surface area contributed by atoms with E-state index in [0.29, 0.717) is 11.1 Å². The second-order valence-corrected chi connectivity index (χ2v) is 8.52. The van der Waals surface area contributed by atoms with Gasteiger partial charge in [0.1, 0.15) is 0 Å². The fraction of sp³-hybridized carbons (Fsp3) is 0.0909. The molecule has 3 heterocycles. The summed E-state index contributed by atoms with van der Waals surface area (Å²) in [5.41, 5.74) is 3.92. The summed E-state index contributed by atoms with van der Waals surface area (Å²) in [4.78, 5) is 16.5. The Hall–Kier alpha value is -2.64. The lowest BCUT2D eigenvalue weighted by molar-refractivity contribution is 0.0678. The van der Waals surface area contributed by atoms with Crippen molar-refractivity contribution in [1.82, 2.24) is 9.99 Å². The predicted molar refractivity (Wildman–Crippen MR) is 119 cm³/mol. The Morgan fingerprint density at radius 1 is 1.10 bits per heavy atom. The molecule has 1 unspecified atom stereocenters. The molecule has 0 fully saturated rings. The molecule has 1 N–H and O–H groups in total. The third-order valence-corrected chi connectivity index (χ3v) is 5.96. The average molecular weight is 513 g/mol. The molecular weight excluding hydrogens is 498 g/mol. The summed E-state index contributed by atoms with van der Waals surface area (Å²) < 4.78 is 7.00. The molecule has 2 aromatic heterocycles. The summed E-state index contributed by atoms with van der Waals surface area (Å²) in [6.45, 7) is 0. The Bertz CT molecular complexity index is 1260. The fourth-order valence-corrected chi connectivity index (χ4v) is 4.40. The normalized spacial score (nSPS) is 16.4. The molecular formula is C22H15Br2N3O2. The van der Waals surface area contributed by atoms with Gasteiger partial charge in [-0.05, 0) is 51.8 Å². The number of carbonyl (C=O) groups is 1. The van der Waals surface area contributed by atoms with E-state index in [0.717, 1.165) is 32.2 Å². The zero-order valence-corrected chi connectivity index (χ0v) is 18.3. The van der Waals surface area contributed by atoms with E-state index < -0.39 is 0 Å². The van der Waals surface area contributed by atoms with Crippen LogP contribution in [0.5, 0.6) is 0 Å². The highest BCUT2D eigenvalue weighted by Gasteiger charge is 2.36. The van der Waals surface area contributed by atoms with Crippen LogP contribution in [0.25, 0.3) is 10.9 Å². The van der Waals surface area contributed by atoms with Crippen molar-refractivity contribution < 1.29 is 9.21 Å². The van der Waals surface area contributed by atoms with Crippen molar-refractivity contribution in [3.63, 3.8) is 0 Å². The Kier molecular flexibility index (Phi) is 4.64. The molecule has 1 aliphatic rings. The van der Waals surface area contributed by atoms with Crippen molar-refractivity contribution in [2.45, 2.75) is 12.5 Å². The van der Waals surface area contributed by atoms with Crippen molar-refractivity contribution in [2.24, 2.45) is 5.10 Å². The first-order valence-corrected chi connectivity index (χ1v) is 10.7. The maximum Gasteiger partial charge on any atom is 0.310 e. The van der Waals surface area contributed by atoms with Crippen molar-refractivity contribution in [2.75, 3.05) is 0 Å². The van der Waals surface area contributed by atoms with Gasteiger partial charge in [0.15, 0.2) is 10.4 Å². The quantitative estimate of drug-likeness (QED) is 0.351. The first-order chi connectivity index (χ1) is 14.1. The summed E-state index contributed by atoms with van der Waals surface area (Å²) >= 11 is 6.79. The first kappa shape index (κ1) is 18.4. The van der Waals surface area contributed by atoms with Gasteiger partial charge in [0.2, 0.25) is 0 Å². The van der Waals surface area contributed by atoms with Gasteiger partial charge in [-0.1, -0.05) is 46.3 Å². The SMILES string of the molecule is O=C(c1ccc(Br)o1)N1N=C(c2cccc(Br)c2)CC1c1c[nH]c2ccccc12. The van der Waals surface area contributed by atoms with E-state index in [1.165, 1.54) is 5.01 Å². The number of nitrogens with one attached hydrogen (secondary N) is 1. The van der Waals surface area contributed by atoms with Crippen LogP contribution in [0.2, 0.25) is 0 Å². The maximum atomic E-state index is 13.2. The van der Waals surface area contributed by atoms with Gasteiger partial charge >= 0.3 is 5.91 Å². The highest BCUT2D eigenvalue weighted by molar-refractivity contribution is 9.10. The standard InChI is InChI=1S/C22H15Br2N3O2/c23-14-5-3-4-13(10-14)18-11-19(16-12-25-17-7-2-1-6-15(16)17)27(26-18)22(28)20-8-9-21(24)29-20/h1-10,12,19,25H,11H2. The van der Waals surface area contributed by atoms with E-state index in [1.54, 1.807) is 12.1 Å². The molecule has 144 valence electrons. The minimum atomic E-state index is -0.268. The number of aromatic amines is 1. The first-order valence-electron chi connectivity index (χ1n) is 9.08. The lowest BCUT2D eigenvalue weighted by atomic mass is 9.98. The maximum absolute atomic E-state index is 13.2. The molecule has 7 heteroatoms. The summed E-state index contributed by atoms with van der Waals surface area (Å²) in [5, 5.41) is 7.34. The molecule has 0 bridgehead atoms. The monoisotopic (exact) mass is 511 g/mol. The van der Waals surface area contributed by atoms with E-state index in [-0.39, 0.29) is 17.7 Å². The van der Waals surface area contributed by atoms with Crippen LogP contribution in [0.4, 0.5) is 0 Å². The second kappa shape index (κ2) is 7.31. The van der Waals surface area contributed by atoms with E-state index >= 15 is 0 Å². The van der Waals surface area contributed by atoms with Crippen LogP contribution in [0, 0.1) is 0 Å². The molecule has 1 aliphatic heterocycles. The number of fused-ring (bicyclic) bond motifs is 1. The Balaban J connectivity index is 1.60. The van der Waals surface area contributed by atoms with Gasteiger partial charge in [0, 0.05) is 33.6 Å². The molecule has 2 aromatic carbocycles. The van der Waals surface area contributed by atoms with Crippen LogP contribution in [-0.4, -0.2) is 21.6 Å². The highest BCUT2D eigenvalue weighted by atomic mass is 79.9. The lowest BCUT2D eigenvalue weighted by Crippen LogP contribution is -2.26. The van der Waals surface area contributed by atoms with Crippen LogP contribution in [-0.2, 0) is 0 Å². The zero-order valence-electron chi connectivity index (χ0n) is 15.1. The number of halogens is 2. The van der Waals surface area contributed by atoms with Gasteiger partial charge in [-0.15, -0.1) is 0 Å². The van der Waals surface area contributed by atoms with Crippen molar-refractivity contribution >= 4 is 54.4 Å². The van der Waals surface area contributed by atoms with E-state index in [2.05, 4.69) is 42.9 Å². The molecule has 0 saturated heterocycles. The van der Waals surface area contributed by atoms with Gasteiger partial charge in [0.05, 0.1) is 11.8 Å². The Morgan fingerprint density at radius 3 is 2.76 bits per heavy atom. The molecule has 0 spiro atoms. The number of hydrogen-bond donors (Lipinski definition) is 1. The number of H-pyrrole nitrogens is 1. The fourth-order valence-electron chi connectivity index (χ4n) is 3.69. The molecule has 0 radical (unpaired) electrons. The second-order valence-electron chi connectivity index (χ2n) is 6.82. The molecule has 29 heavy (non-hydrogen) atoms. The van der Waals surface area contributed by atoms with Crippen LogP contribution < -0.4 is 0 Å². The number of amides is 1. The highest BCUT2D eigenvalue weighted by Crippen LogP contribution is 2.38. The van der Waals surface area contributed by atoms with Crippen LogP contribution in [0.3, 0.4) is 0 Å². The van der Waals surface area contributed by atoms with Crippen molar-refractivity contribution in [1.29, 1.82) is 0 Å². The van der Waals surface area contributed by atoms with E-state index in [4.69, 9.17) is 9.52 Å². The topological polar surface area (TPSA) is 61.6 Å². The third-order valence-electron chi connectivity index (χ3n) is 5.04. The number of hydrazone groups is 1. The summed E-state index contributed by atoms with van der Waals surface area (Å²) in [5.74, 6) is -0.0167. The molecule has 5 rings (SSSR count). The number of carbonyl (C=O) groups excluding carboxylic acids is 1. The number of benzene rings is 2. The predicted octanol–water partition coefficient (Wildman–Crippen LogP) is 6.28. The average Bonchev–Trinajstić information content (AvgIpc) is 3.45. The third kappa shape index (κ3) is 3.34. The Morgan fingerprint density at radius 2 is 1.97 bits per heavy atom. The van der Waals surface area contributed by atoms with Crippen LogP contribution in [0.1, 0.15) is 34.1 Å². The van der Waals surface area contributed by atoms with Crippen molar-refractivity contribution in [3.8, 4) is 0 Å². The summed E-state index contributed by atoms with van der Waals surface area (Å²) in [7, 11) is 0. The molecule has 5 nitrogen and oxygen atoms in total.